The highest BCUT2D eigenvalue weighted by Gasteiger charge is 2.48. The first-order valence-electron chi connectivity index (χ1n) is 6.04. The molecule has 0 aromatic carbocycles. The molecule has 3 aliphatic rings. The molecule has 0 heterocycles. The second-order valence-corrected chi connectivity index (χ2v) is 5.43. The average Bonchev–Trinajstić information content (AvgIpc) is 2.47. The summed E-state index contributed by atoms with van der Waals surface area (Å²) in [6.07, 6.45) is 9.67. The Hall–Kier alpha value is -0.0400. The topological polar surface area (TPSA) is 20.2 Å². The Morgan fingerprint density at radius 2 is 1.54 bits per heavy atom. The van der Waals surface area contributed by atoms with Crippen molar-refractivity contribution >= 4 is 0 Å². The third-order valence-corrected chi connectivity index (χ3v) is 4.88. The Bertz CT molecular complexity index is 193. The zero-order valence-corrected chi connectivity index (χ0v) is 8.28. The lowest BCUT2D eigenvalue weighted by atomic mass is 9.65. The molecule has 1 nitrogen and oxygen atoms in total. The molecule has 74 valence electrons. The molecule has 0 spiro atoms. The maximum Gasteiger partial charge on any atom is 0.0574 e. The standard InChI is InChI=1S/C12H20O/c13-11-7-9-5-1-3-8-4-2-6-10(11)12(8)9/h8-13H,1-7H2/t8-,9+,10+,11?,12+/m0/s1. The van der Waals surface area contributed by atoms with E-state index < -0.39 is 0 Å². The number of hydrogen-bond acceptors (Lipinski definition) is 1. The zero-order valence-electron chi connectivity index (χ0n) is 8.28. The van der Waals surface area contributed by atoms with Gasteiger partial charge in [0.05, 0.1) is 6.10 Å². The molecule has 0 aromatic rings. The molecule has 0 saturated heterocycles. The van der Waals surface area contributed by atoms with Crippen LogP contribution in [-0.4, -0.2) is 11.2 Å². The molecule has 0 bridgehead atoms. The number of aliphatic hydroxyl groups is 1. The van der Waals surface area contributed by atoms with Crippen molar-refractivity contribution in [2.45, 2.75) is 51.0 Å². The van der Waals surface area contributed by atoms with Crippen molar-refractivity contribution in [2.24, 2.45) is 23.7 Å². The van der Waals surface area contributed by atoms with Crippen LogP contribution in [0.3, 0.4) is 0 Å². The van der Waals surface area contributed by atoms with Gasteiger partial charge in [-0.15, -0.1) is 0 Å². The smallest absolute Gasteiger partial charge is 0.0574 e. The molecule has 1 heteroatoms. The molecule has 1 N–H and O–H groups in total. The van der Waals surface area contributed by atoms with Gasteiger partial charge in [0.15, 0.2) is 0 Å². The molecule has 0 radical (unpaired) electrons. The first-order valence-corrected chi connectivity index (χ1v) is 6.04. The van der Waals surface area contributed by atoms with Crippen molar-refractivity contribution in [2.75, 3.05) is 0 Å². The predicted octanol–water partition coefficient (Wildman–Crippen LogP) is 2.58. The van der Waals surface area contributed by atoms with Gasteiger partial charge in [0.2, 0.25) is 0 Å². The summed E-state index contributed by atoms with van der Waals surface area (Å²) < 4.78 is 0. The van der Waals surface area contributed by atoms with Gasteiger partial charge in [0.1, 0.15) is 0 Å². The largest absolute Gasteiger partial charge is 0.393 e. The summed E-state index contributed by atoms with van der Waals surface area (Å²) in [6.45, 7) is 0. The van der Waals surface area contributed by atoms with E-state index >= 15 is 0 Å². The van der Waals surface area contributed by atoms with Crippen molar-refractivity contribution in [1.82, 2.24) is 0 Å². The molecule has 13 heavy (non-hydrogen) atoms. The Morgan fingerprint density at radius 1 is 0.846 bits per heavy atom. The molecule has 3 saturated carbocycles. The van der Waals surface area contributed by atoms with E-state index in [0.717, 1.165) is 24.2 Å². The van der Waals surface area contributed by atoms with Crippen molar-refractivity contribution in [3.63, 3.8) is 0 Å². The second-order valence-electron chi connectivity index (χ2n) is 5.43. The van der Waals surface area contributed by atoms with E-state index in [-0.39, 0.29) is 6.10 Å². The lowest BCUT2D eigenvalue weighted by Gasteiger charge is -2.41. The molecule has 0 aromatic heterocycles. The van der Waals surface area contributed by atoms with Crippen LogP contribution in [0.5, 0.6) is 0 Å². The average molecular weight is 180 g/mol. The number of hydrogen-bond donors (Lipinski definition) is 1. The first-order chi connectivity index (χ1) is 6.36. The summed E-state index contributed by atoms with van der Waals surface area (Å²) in [5.41, 5.74) is 0. The molecule has 3 fully saturated rings. The van der Waals surface area contributed by atoms with Crippen LogP contribution in [0.4, 0.5) is 0 Å². The highest BCUT2D eigenvalue weighted by atomic mass is 16.3. The van der Waals surface area contributed by atoms with Crippen molar-refractivity contribution in [3.8, 4) is 0 Å². The Kier molecular flexibility index (Phi) is 1.90. The number of aliphatic hydroxyl groups excluding tert-OH is 1. The van der Waals surface area contributed by atoms with Crippen LogP contribution in [0.15, 0.2) is 0 Å². The SMILES string of the molecule is OC1C[C@H]2CCC[C@H]3CCC[C@H]1[C@H]32. The lowest BCUT2D eigenvalue weighted by Crippen LogP contribution is -2.33. The summed E-state index contributed by atoms with van der Waals surface area (Å²) >= 11 is 0. The third kappa shape index (κ3) is 1.16. The minimum atomic E-state index is 0.0656. The van der Waals surface area contributed by atoms with Crippen LogP contribution >= 0.6 is 0 Å². The van der Waals surface area contributed by atoms with Crippen molar-refractivity contribution < 1.29 is 5.11 Å². The summed E-state index contributed by atoms with van der Waals surface area (Å²) in [4.78, 5) is 0. The summed E-state index contributed by atoms with van der Waals surface area (Å²) in [7, 11) is 0. The van der Waals surface area contributed by atoms with E-state index in [2.05, 4.69) is 0 Å². The highest BCUT2D eigenvalue weighted by Crippen LogP contribution is 2.54. The zero-order chi connectivity index (χ0) is 8.84. The number of rotatable bonds is 0. The van der Waals surface area contributed by atoms with Gasteiger partial charge in [-0.1, -0.05) is 32.1 Å². The monoisotopic (exact) mass is 180 g/mol. The normalized spacial score (nSPS) is 54.7. The van der Waals surface area contributed by atoms with Crippen LogP contribution in [0.2, 0.25) is 0 Å². The Balaban J connectivity index is 1.87. The Labute approximate surface area is 80.5 Å². The first kappa shape index (κ1) is 8.28. The fourth-order valence-electron chi connectivity index (χ4n) is 4.47. The molecule has 5 atom stereocenters. The molecule has 0 aliphatic heterocycles. The van der Waals surface area contributed by atoms with Gasteiger partial charge in [-0.2, -0.15) is 0 Å². The molecular formula is C12H20O. The van der Waals surface area contributed by atoms with E-state index in [4.69, 9.17) is 0 Å². The van der Waals surface area contributed by atoms with Gasteiger partial charge in [-0.25, -0.2) is 0 Å². The summed E-state index contributed by atoms with van der Waals surface area (Å²) in [5, 5.41) is 9.97. The minimum Gasteiger partial charge on any atom is -0.393 e. The lowest BCUT2D eigenvalue weighted by molar-refractivity contribution is 0.0518. The quantitative estimate of drug-likeness (QED) is 0.607. The maximum absolute atomic E-state index is 9.97. The van der Waals surface area contributed by atoms with Gasteiger partial charge in [-0.3, -0.25) is 0 Å². The van der Waals surface area contributed by atoms with Crippen LogP contribution in [0, 0.1) is 23.7 Å². The third-order valence-electron chi connectivity index (χ3n) is 4.88. The Morgan fingerprint density at radius 3 is 2.38 bits per heavy atom. The van der Waals surface area contributed by atoms with Gasteiger partial charge < -0.3 is 5.11 Å². The molecule has 0 amide bonds. The molecular weight excluding hydrogens is 160 g/mol. The minimum absolute atomic E-state index is 0.0656. The van der Waals surface area contributed by atoms with Crippen LogP contribution in [0.25, 0.3) is 0 Å². The van der Waals surface area contributed by atoms with Crippen LogP contribution < -0.4 is 0 Å². The van der Waals surface area contributed by atoms with Crippen molar-refractivity contribution in [1.29, 1.82) is 0 Å². The molecule has 1 unspecified atom stereocenters. The van der Waals surface area contributed by atoms with E-state index in [1.807, 2.05) is 0 Å². The molecule has 3 rings (SSSR count). The predicted molar refractivity (Wildman–Crippen MR) is 52.3 cm³/mol. The summed E-state index contributed by atoms with van der Waals surface area (Å²) in [5.74, 6) is 3.52. The fourth-order valence-corrected chi connectivity index (χ4v) is 4.47. The van der Waals surface area contributed by atoms with Crippen LogP contribution in [0.1, 0.15) is 44.9 Å². The molecule has 3 aliphatic carbocycles. The van der Waals surface area contributed by atoms with E-state index in [1.165, 1.54) is 38.5 Å². The highest BCUT2D eigenvalue weighted by molar-refractivity contribution is 4.98. The van der Waals surface area contributed by atoms with Crippen LogP contribution in [-0.2, 0) is 0 Å². The summed E-state index contributed by atoms with van der Waals surface area (Å²) in [6, 6.07) is 0. The van der Waals surface area contributed by atoms with Gasteiger partial charge in [0, 0.05) is 0 Å². The van der Waals surface area contributed by atoms with Gasteiger partial charge in [-0.05, 0) is 36.5 Å². The van der Waals surface area contributed by atoms with E-state index in [0.29, 0.717) is 5.92 Å². The van der Waals surface area contributed by atoms with Gasteiger partial charge >= 0.3 is 0 Å². The van der Waals surface area contributed by atoms with Crippen molar-refractivity contribution in [3.05, 3.63) is 0 Å². The van der Waals surface area contributed by atoms with Gasteiger partial charge in [0.25, 0.3) is 0 Å². The van der Waals surface area contributed by atoms with E-state index in [9.17, 15) is 5.11 Å². The second kappa shape index (κ2) is 2.98. The maximum atomic E-state index is 9.97. The van der Waals surface area contributed by atoms with E-state index in [1.54, 1.807) is 0 Å². The fraction of sp³-hybridized carbons (Fsp3) is 1.00.